The molecule has 0 bridgehead atoms. The summed E-state index contributed by atoms with van der Waals surface area (Å²) in [5, 5.41) is 9.88. The molecule has 0 radical (unpaired) electrons. The van der Waals surface area contributed by atoms with Gasteiger partial charge in [-0.2, -0.15) is 0 Å². The molecule has 21 heavy (non-hydrogen) atoms. The molecular formula is C16H20N2O2S. The molecule has 0 saturated carbocycles. The zero-order valence-corrected chi connectivity index (χ0v) is 13.6. The van der Waals surface area contributed by atoms with Gasteiger partial charge in [-0.15, -0.1) is 11.3 Å². The minimum absolute atomic E-state index is 0.242. The highest BCUT2D eigenvalue weighted by Gasteiger charge is 2.17. The number of thiazole rings is 1. The summed E-state index contributed by atoms with van der Waals surface area (Å²) < 4.78 is 0. The third-order valence-corrected chi connectivity index (χ3v) is 4.50. The van der Waals surface area contributed by atoms with E-state index in [4.69, 9.17) is 10.1 Å². The van der Waals surface area contributed by atoms with Crippen LogP contribution in [-0.2, 0) is 6.42 Å². The normalized spacial score (nSPS) is 11.3. The third kappa shape index (κ3) is 3.67. The maximum atomic E-state index is 11.1. The van der Waals surface area contributed by atoms with Gasteiger partial charge in [-0.25, -0.2) is 9.78 Å². The molecule has 5 heteroatoms. The van der Waals surface area contributed by atoms with E-state index in [1.807, 2.05) is 0 Å². The van der Waals surface area contributed by atoms with Gasteiger partial charge in [0.1, 0.15) is 5.01 Å². The van der Waals surface area contributed by atoms with Gasteiger partial charge in [0.15, 0.2) is 0 Å². The van der Waals surface area contributed by atoms with Gasteiger partial charge >= 0.3 is 5.97 Å². The first-order chi connectivity index (χ1) is 9.88. The first-order valence-electron chi connectivity index (χ1n) is 7.07. The molecule has 0 amide bonds. The average molecular weight is 304 g/mol. The quantitative estimate of drug-likeness (QED) is 0.898. The number of carboxylic acid groups (broad SMARTS) is 1. The van der Waals surface area contributed by atoms with Crippen LogP contribution in [0.15, 0.2) is 18.3 Å². The number of hydrogen-bond acceptors (Lipinski definition) is 4. The Kier molecular flexibility index (Phi) is 4.73. The lowest BCUT2D eigenvalue weighted by Gasteiger charge is -2.06. The Labute approximate surface area is 128 Å². The Morgan fingerprint density at radius 1 is 1.33 bits per heavy atom. The number of rotatable bonds is 5. The molecule has 2 rings (SSSR count). The lowest BCUT2D eigenvalue weighted by Crippen LogP contribution is -1.99. The molecule has 0 atom stereocenters. The summed E-state index contributed by atoms with van der Waals surface area (Å²) in [6.07, 6.45) is 2.46. The van der Waals surface area contributed by atoms with Crippen LogP contribution in [0.3, 0.4) is 0 Å². The molecule has 0 aromatic carbocycles. The van der Waals surface area contributed by atoms with Crippen LogP contribution in [0.5, 0.6) is 0 Å². The van der Waals surface area contributed by atoms with Gasteiger partial charge in [0.25, 0.3) is 0 Å². The second kappa shape index (κ2) is 6.35. The van der Waals surface area contributed by atoms with E-state index in [2.05, 4.69) is 32.7 Å². The Bertz CT molecular complexity index is 647. The minimum Gasteiger partial charge on any atom is -0.478 e. The molecular weight excluding hydrogens is 284 g/mol. The zero-order chi connectivity index (χ0) is 15.6. The fraction of sp³-hybridized carbons (Fsp3) is 0.438. The highest BCUT2D eigenvalue weighted by molar-refractivity contribution is 7.15. The SMILES string of the molecule is CC(C)Cc1nc(-c2cc(C(=O)O)ccn2)sc1C(C)C. The molecule has 2 aromatic rings. The molecule has 0 unspecified atom stereocenters. The third-order valence-electron chi connectivity index (χ3n) is 3.08. The van der Waals surface area contributed by atoms with E-state index in [0.717, 1.165) is 17.1 Å². The van der Waals surface area contributed by atoms with E-state index in [9.17, 15) is 4.79 Å². The van der Waals surface area contributed by atoms with Crippen LogP contribution in [0.4, 0.5) is 0 Å². The molecule has 0 fully saturated rings. The van der Waals surface area contributed by atoms with Crippen LogP contribution in [0.1, 0.15) is 54.5 Å². The van der Waals surface area contributed by atoms with Crippen LogP contribution in [0, 0.1) is 5.92 Å². The van der Waals surface area contributed by atoms with Crippen molar-refractivity contribution in [2.75, 3.05) is 0 Å². The summed E-state index contributed by atoms with van der Waals surface area (Å²) in [5.74, 6) is 0.00473. The van der Waals surface area contributed by atoms with Crippen LogP contribution < -0.4 is 0 Å². The number of pyridine rings is 1. The van der Waals surface area contributed by atoms with Gasteiger partial charge < -0.3 is 5.11 Å². The van der Waals surface area contributed by atoms with E-state index in [0.29, 0.717) is 17.5 Å². The Morgan fingerprint density at radius 3 is 2.62 bits per heavy atom. The maximum Gasteiger partial charge on any atom is 0.335 e. The molecule has 2 heterocycles. The number of carbonyl (C=O) groups is 1. The zero-order valence-electron chi connectivity index (χ0n) is 12.8. The Hall–Kier alpha value is -1.75. The summed E-state index contributed by atoms with van der Waals surface area (Å²) in [5.41, 5.74) is 1.99. The van der Waals surface area contributed by atoms with Crippen molar-refractivity contribution in [3.05, 3.63) is 34.5 Å². The number of nitrogens with zero attached hydrogens (tertiary/aromatic N) is 2. The molecule has 0 aliphatic rings. The van der Waals surface area contributed by atoms with Crippen LogP contribution in [0.25, 0.3) is 10.7 Å². The van der Waals surface area contributed by atoms with Crippen molar-refractivity contribution in [3.8, 4) is 10.7 Å². The van der Waals surface area contributed by atoms with Gasteiger partial charge in [0, 0.05) is 11.1 Å². The molecule has 112 valence electrons. The summed E-state index contributed by atoms with van der Waals surface area (Å²) in [6, 6.07) is 3.09. The van der Waals surface area contributed by atoms with E-state index in [1.54, 1.807) is 17.4 Å². The monoisotopic (exact) mass is 304 g/mol. The van der Waals surface area contributed by atoms with E-state index in [-0.39, 0.29) is 5.56 Å². The molecule has 2 aromatic heterocycles. The number of hydrogen-bond donors (Lipinski definition) is 1. The molecule has 0 saturated heterocycles. The topological polar surface area (TPSA) is 63.1 Å². The van der Waals surface area contributed by atoms with Crippen molar-refractivity contribution in [3.63, 3.8) is 0 Å². The number of aromatic nitrogens is 2. The number of aromatic carboxylic acids is 1. The molecule has 0 aliphatic carbocycles. The van der Waals surface area contributed by atoms with Crippen molar-refractivity contribution in [2.45, 2.75) is 40.0 Å². The largest absolute Gasteiger partial charge is 0.478 e. The lowest BCUT2D eigenvalue weighted by atomic mass is 10.0. The molecule has 4 nitrogen and oxygen atoms in total. The number of carboxylic acids is 1. The van der Waals surface area contributed by atoms with Crippen molar-refractivity contribution in [2.24, 2.45) is 5.92 Å². The maximum absolute atomic E-state index is 11.1. The first-order valence-corrected chi connectivity index (χ1v) is 7.89. The minimum atomic E-state index is -0.943. The van der Waals surface area contributed by atoms with Crippen LogP contribution in [0.2, 0.25) is 0 Å². The second-order valence-corrected chi connectivity index (χ2v) is 6.85. The van der Waals surface area contributed by atoms with Gasteiger partial charge in [0.05, 0.1) is 17.0 Å². The van der Waals surface area contributed by atoms with Crippen molar-refractivity contribution < 1.29 is 9.90 Å². The lowest BCUT2D eigenvalue weighted by molar-refractivity contribution is 0.0697. The summed E-state index contributed by atoms with van der Waals surface area (Å²) in [6.45, 7) is 8.66. The fourth-order valence-electron chi connectivity index (χ4n) is 2.14. The summed E-state index contributed by atoms with van der Waals surface area (Å²) in [7, 11) is 0. The predicted molar refractivity (Wildman–Crippen MR) is 84.9 cm³/mol. The molecule has 0 spiro atoms. The highest BCUT2D eigenvalue weighted by Crippen LogP contribution is 2.33. The van der Waals surface area contributed by atoms with Crippen LogP contribution >= 0.6 is 11.3 Å². The van der Waals surface area contributed by atoms with Crippen molar-refractivity contribution in [1.82, 2.24) is 9.97 Å². The molecule has 0 aliphatic heterocycles. The Balaban J connectivity index is 2.44. The van der Waals surface area contributed by atoms with Gasteiger partial charge in [0.2, 0.25) is 0 Å². The fourth-order valence-corrected chi connectivity index (χ4v) is 3.20. The van der Waals surface area contributed by atoms with Crippen molar-refractivity contribution in [1.29, 1.82) is 0 Å². The summed E-state index contributed by atoms with van der Waals surface area (Å²) in [4.78, 5) is 21.3. The molecule has 1 N–H and O–H groups in total. The van der Waals surface area contributed by atoms with E-state index < -0.39 is 5.97 Å². The average Bonchev–Trinajstić information content (AvgIpc) is 2.82. The highest BCUT2D eigenvalue weighted by atomic mass is 32.1. The smallest absolute Gasteiger partial charge is 0.335 e. The van der Waals surface area contributed by atoms with E-state index in [1.165, 1.54) is 17.1 Å². The Morgan fingerprint density at radius 2 is 2.05 bits per heavy atom. The van der Waals surface area contributed by atoms with Gasteiger partial charge in [-0.3, -0.25) is 4.98 Å². The predicted octanol–water partition coefficient (Wildman–Crippen LogP) is 4.23. The summed E-state index contributed by atoms with van der Waals surface area (Å²) >= 11 is 1.62. The van der Waals surface area contributed by atoms with Crippen molar-refractivity contribution >= 4 is 17.3 Å². The van der Waals surface area contributed by atoms with E-state index >= 15 is 0 Å². The van der Waals surface area contributed by atoms with Gasteiger partial charge in [-0.05, 0) is 30.4 Å². The second-order valence-electron chi connectivity index (χ2n) is 5.82. The van der Waals surface area contributed by atoms with Crippen LogP contribution in [-0.4, -0.2) is 21.0 Å². The first kappa shape index (κ1) is 15.6. The standard InChI is InChI=1S/C16H20N2O2S/c1-9(2)7-12-14(10(3)4)21-15(18-12)13-8-11(16(19)20)5-6-17-13/h5-6,8-10H,7H2,1-4H3,(H,19,20). The van der Waals surface area contributed by atoms with Gasteiger partial charge in [-0.1, -0.05) is 27.7 Å².